The number of halogens is 1. The summed E-state index contributed by atoms with van der Waals surface area (Å²) in [6.45, 7) is 11.3. The van der Waals surface area contributed by atoms with Gasteiger partial charge in [0.05, 0.1) is 12.6 Å². The Morgan fingerprint density at radius 1 is 1.12 bits per heavy atom. The first kappa shape index (κ1) is 22.1. The van der Waals surface area contributed by atoms with Crippen LogP contribution in [0.1, 0.15) is 48.5 Å². The highest BCUT2D eigenvalue weighted by Crippen LogP contribution is 2.22. The monoisotopic (exact) mass is 376 g/mol. The number of aliphatic imine (C=N–C) groups is 1. The second-order valence-electron chi connectivity index (χ2n) is 8.00. The Bertz CT molecular complexity index is 524. The molecule has 0 aliphatic carbocycles. The molecule has 0 aromatic rings. The van der Waals surface area contributed by atoms with Crippen molar-refractivity contribution >= 4 is 18.2 Å². The first-order chi connectivity index (χ1) is 11.7. The molecule has 26 heavy (non-hydrogen) atoms. The molecule has 0 saturated heterocycles. The second-order valence-corrected chi connectivity index (χ2v) is 8.00. The topological polar surface area (TPSA) is 86.7 Å². The average Bonchev–Trinajstić information content (AvgIpc) is 2.40. The van der Waals surface area contributed by atoms with Gasteiger partial charge in [-0.2, -0.15) is 0 Å². The van der Waals surface area contributed by atoms with Crippen molar-refractivity contribution in [2.75, 3.05) is 13.7 Å². The molecule has 9 heteroatoms. The Kier molecular flexibility index (Phi) is 6.98. The van der Waals surface area contributed by atoms with Gasteiger partial charge >= 0.3 is 18.2 Å². The standard InChI is InChI=1S/C17H29FN2O6/c1-10-12(18)11(9-23-8)24-13(19-10)20(14(21)25-16(2,3)4)15(22)26-17(5,6)7/h10-12H,9H2,1-8H3/t10-,11+,12+/m0/s1. The van der Waals surface area contributed by atoms with Crippen LogP contribution >= 0.6 is 0 Å². The molecule has 3 atom stereocenters. The van der Waals surface area contributed by atoms with Gasteiger partial charge in [-0.3, -0.25) is 0 Å². The zero-order valence-electron chi connectivity index (χ0n) is 16.7. The molecular formula is C17H29FN2O6. The summed E-state index contributed by atoms with van der Waals surface area (Å²) in [6, 6.07) is -1.22. The van der Waals surface area contributed by atoms with E-state index in [4.69, 9.17) is 18.9 Å². The van der Waals surface area contributed by atoms with E-state index >= 15 is 0 Å². The molecule has 0 aromatic heterocycles. The Morgan fingerprint density at radius 2 is 1.58 bits per heavy atom. The van der Waals surface area contributed by atoms with Crippen LogP contribution in [0.5, 0.6) is 0 Å². The van der Waals surface area contributed by atoms with Crippen molar-refractivity contribution in [3.8, 4) is 0 Å². The quantitative estimate of drug-likeness (QED) is 0.735. The third-order valence-electron chi connectivity index (χ3n) is 3.06. The Morgan fingerprint density at radius 3 is 1.96 bits per heavy atom. The van der Waals surface area contributed by atoms with E-state index in [1.807, 2.05) is 0 Å². The smallest absolute Gasteiger partial charge is 0.428 e. The van der Waals surface area contributed by atoms with Crippen molar-refractivity contribution in [3.05, 3.63) is 0 Å². The normalized spacial score (nSPS) is 23.6. The van der Waals surface area contributed by atoms with Gasteiger partial charge in [-0.15, -0.1) is 4.90 Å². The molecule has 1 aliphatic heterocycles. The number of imide groups is 1. The van der Waals surface area contributed by atoms with Crippen molar-refractivity contribution < 1.29 is 32.9 Å². The molecule has 8 nitrogen and oxygen atoms in total. The summed E-state index contributed by atoms with van der Waals surface area (Å²) in [6.07, 6.45) is -4.51. The number of ether oxygens (including phenoxy) is 4. The minimum atomic E-state index is -1.45. The van der Waals surface area contributed by atoms with Gasteiger partial charge in [0.1, 0.15) is 11.2 Å². The summed E-state index contributed by atoms with van der Waals surface area (Å²) >= 11 is 0. The minimum Gasteiger partial charge on any atom is -0.455 e. The molecule has 150 valence electrons. The summed E-state index contributed by atoms with van der Waals surface area (Å²) in [4.78, 5) is 29.6. The summed E-state index contributed by atoms with van der Waals surface area (Å²) in [5, 5.41) is 0. The van der Waals surface area contributed by atoms with Crippen molar-refractivity contribution in [1.82, 2.24) is 4.90 Å². The lowest BCUT2D eigenvalue weighted by atomic mass is 10.1. The van der Waals surface area contributed by atoms with Gasteiger partial charge in [0.25, 0.3) is 0 Å². The SMILES string of the molecule is COC[C@H]1OC(N(C(=O)OC(C)(C)C)C(=O)OC(C)(C)C)=N[C@@H](C)[C@H]1F. The molecule has 1 aliphatic rings. The number of carbonyl (C=O) groups is 2. The van der Waals surface area contributed by atoms with Crippen LogP contribution in [0, 0.1) is 0 Å². The van der Waals surface area contributed by atoms with Crippen LogP contribution < -0.4 is 0 Å². The molecule has 1 rings (SSSR count). The highest BCUT2D eigenvalue weighted by molar-refractivity contribution is 6.06. The fourth-order valence-corrected chi connectivity index (χ4v) is 2.03. The third kappa shape index (κ3) is 6.44. The fourth-order valence-electron chi connectivity index (χ4n) is 2.03. The van der Waals surface area contributed by atoms with E-state index in [0.29, 0.717) is 4.90 Å². The summed E-state index contributed by atoms with van der Waals surface area (Å²) < 4.78 is 35.1. The molecule has 0 aromatic carbocycles. The predicted octanol–water partition coefficient (Wildman–Crippen LogP) is 3.29. The van der Waals surface area contributed by atoms with Gasteiger partial charge in [-0.1, -0.05) is 0 Å². The lowest BCUT2D eigenvalue weighted by Gasteiger charge is -2.34. The number of carbonyl (C=O) groups excluding carboxylic acids is 2. The second kappa shape index (κ2) is 8.20. The number of hydrogen-bond donors (Lipinski definition) is 0. The molecule has 2 amide bonds. The summed E-state index contributed by atoms with van der Waals surface area (Å²) in [5.74, 6) is 0. The molecule has 0 fully saturated rings. The summed E-state index contributed by atoms with van der Waals surface area (Å²) in [7, 11) is 1.39. The van der Waals surface area contributed by atoms with Crippen molar-refractivity contribution in [2.24, 2.45) is 4.99 Å². The van der Waals surface area contributed by atoms with E-state index in [1.165, 1.54) is 14.0 Å². The highest BCUT2D eigenvalue weighted by atomic mass is 19.1. The van der Waals surface area contributed by atoms with Gasteiger partial charge in [0.15, 0.2) is 12.3 Å². The van der Waals surface area contributed by atoms with E-state index in [2.05, 4.69) is 4.99 Å². The highest BCUT2D eigenvalue weighted by Gasteiger charge is 2.42. The van der Waals surface area contributed by atoms with Gasteiger partial charge in [-0.25, -0.2) is 19.0 Å². The number of alkyl halides is 1. The molecule has 0 saturated carbocycles. The van der Waals surface area contributed by atoms with Crippen molar-refractivity contribution in [1.29, 1.82) is 0 Å². The molecule has 1 heterocycles. The maximum absolute atomic E-state index is 14.2. The maximum Gasteiger partial charge on any atom is 0.428 e. The Labute approximate surface area is 153 Å². The van der Waals surface area contributed by atoms with E-state index in [-0.39, 0.29) is 12.6 Å². The van der Waals surface area contributed by atoms with Crippen LogP contribution in [0.2, 0.25) is 0 Å². The number of nitrogens with zero attached hydrogens (tertiary/aromatic N) is 2. The molecule has 0 N–H and O–H groups in total. The van der Waals surface area contributed by atoms with Crippen LogP contribution in [0.25, 0.3) is 0 Å². The van der Waals surface area contributed by atoms with Crippen molar-refractivity contribution in [3.63, 3.8) is 0 Å². The first-order valence-corrected chi connectivity index (χ1v) is 8.38. The lowest BCUT2D eigenvalue weighted by Crippen LogP contribution is -2.53. The van der Waals surface area contributed by atoms with Gasteiger partial charge in [-0.05, 0) is 48.5 Å². The fraction of sp³-hybridized carbons (Fsp3) is 0.824. The van der Waals surface area contributed by atoms with E-state index < -0.39 is 41.7 Å². The predicted molar refractivity (Wildman–Crippen MR) is 92.8 cm³/mol. The third-order valence-corrected chi connectivity index (χ3v) is 3.06. The number of amides is 2. The number of rotatable bonds is 2. The van der Waals surface area contributed by atoms with Crippen LogP contribution in [0.4, 0.5) is 14.0 Å². The van der Waals surface area contributed by atoms with Crippen LogP contribution in [0.3, 0.4) is 0 Å². The minimum absolute atomic E-state index is 0.0684. The van der Waals surface area contributed by atoms with Crippen LogP contribution in [-0.4, -0.2) is 66.3 Å². The van der Waals surface area contributed by atoms with Crippen LogP contribution in [0.15, 0.2) is 4.99 Å². The average molecular weight is 376 g/mol. The largest absolute Gasteiger partial charge is 0.455 e. The molecule has 0 radical (unpaired) electrons. The zero-order valence-corrected chi connectivity index (χ0v) is 16.7. The van der Waals surface area contributed by atoms with Gasteiger partial charge in [0, 0.05) is 7.11 Å². The number of methoxy groups -OCH3 is 1. The van der Waals surface area contributed by atoms with Crippen molar-refractivity contribution in [2.45, 2.75) is 78.0 Å². The van der Waals surface area contributed by atoms with E-state index in [0.717, 1.165) is 0 Å². The van der Waals surface area contributed by atoms with E-state index in [1.54, 1.807) is 41.5 Å². The van der Waals surface area contributed by atoms with Gasteiger partial charge < -0.3 is 18.9 Å². The zero-order chi connectivity index (χ0) is 20.3. The summed E-state index contributed by atoms with van der Waals surface area (Å²) in [5.41, 5.74) is -1.74. The first-order valence-electron chi connectivity index (χ1n) is 8.38. The van der Waals surface area contributed by atoms with Crippen LogP contribution in [-0.2, 0) is 18.9 Å². The Hall–Kier alpha value is -1.90. The lowest BCUT2D eigenvalue weighted by molar-refractivity contribution is -0.0222. The molecular weight excluding hydrogens is 347 g/mol. The van der Waals surface area contributed by atoms with E-state index in [9.17, 15) is 14.0 Å². The van der Waals surface area contributed by atoms with Gasteiger partial charge in [0.2, 0.25) is 0 Å². The maximum atomic E-state index is 14.2. The number of hydrogen-bond acceptors (Lipinski definition) is 7. The number of amidine groups is 1. The Balaban J connectivity index is 3.20. The molecule has 0 unspecified atom stereocenters. The molecule has 0 bridgehead atoms. The molecule has 0 spiro atoms.